The molecule has 0 radical (unpaired) electrons. The molecule has 1 unspecified atom stereocenters. The third-order valence-electron chi connectivity index (χ3n) is 3.86. The molecular formula is C20H24N2O3. The third kappa shape index (κ3) is 5.95. The van der Waals surface area contributed by atoms with Crippen LogP contribution in [-0.2, 0) is 14.3 Å². The second-order valence-corrected chi connectivity index (χ2v) is 5.74. The van der Waals surface area contributed by atoms with Crippen LogP contribution >= 0.6 is 0 Å². The van der Waals surface area contributed by atoms with Crippen LogP contribution in [0, 0.1) is 0 Å². The number of amides is 1. The number of rotatable bonds is 8. The summed E-state index contributed by atoms with van der Waals surface area (Å²) in [7, 11) is 0. The summed E-state index contributed by atoms with van der Waals surface area (Å²) in [5.41, 5.74) is 8.61. The Bertz CT molecular complexity index is 701. The van der Waals surface area contributed by atoms with Gasteiger partial charge in [-0.2, -0.15) is 0 Å². The maximum Gasteiger partial charge on any atom is 0.307 e. The highest BCUT2D eigenvalue weighted by atomic mass is 16.5. The molecule has 2 rings (SSSR count). The van der Waals surface area contributed by atoms with Crippen LogP contribution in [0.15, 0.2) is 54.6 Å². The predicted molar refractivity (Wildman–Crippen MR) is 98.0 cm³/mol. The van der Waals surface area contributed by atoms with Crippen LogP contribution < -0.4 is 11.1 Å². The van der Waals surface area contributed by atoms with Crippen molar-refractivity contribution in [3.8, 4) is 0 Å². The first kappa shape index (κ1) is 18.5. The number of nitrogens with two attached hydrogens (primary N) is 1. The topological polar surface area (TPSA) is 81.4 Å². The lowest BCUT2D eigenvalue weighted by Crippen LogP contribution is -2.28. The van der Waals surface area contributed by atoms with E-state index in [2.05, 4.69) is 5.32 Å². The van der Waals surface area contributed by atoms with E-state index in [-0.39, 0.29) is 37.2 Å². The molecule has 0 aromatic heterocycles. The van der Waals surface area contributed by atoms with Crippen molar-refractivity contribution in [1.29, 1.82) is 0 Å². The largest absolute Gasteiger partial charge is 0.466 e. The van der Waals surface area contributed by atoms with Gasteiger partial charge in [-0.25, -0.2) is 0 Å². The van der Waals surface area contributed by atoms with Gasteiger partial charge in [0.15, 0.2) is 0 Å². The van der Waals surface area contributed by atoms with Gasteiger partial charge in [0.25, 0.3) is 0 Å². The minimum absolute atomic E-state index is 0.0905. The zero-order valence-electron chi connectivity index (χ0n) is 14.4. The van der Waals surface area contributed by atoms with Crippen molar-refractivity contribution in [2.45, 2.75) is 25.7 Å². The Morgan fingerprint density at radius 1 is 1.08 bits per heavy atom. The molecule has 2 aromatic rings. The number of nitrogens with one attached hydrogen (secondary N) is 1. The Balaban J connectivity index is 2.04. The second kappa shape index (κ2) is 9.47. The Hall–Kier alpha value is -2.82. The molecule has 0 aliphatic carbocycles. The van der Waals surface area contributed by atoms with E-state index >= 15 is 0 Å². The van der Waals surface area contributed by atoms with Gasteiger partial charge >= 0.3 is 5.97 Å². The minimum Gasteiger partial charge on any atom is -0.466 e. The number of carbonyl (C=O) groups excluding carboxylic acids is 2. The molecular weight excluding hydrogens is 316 g/mol. The summed E-state index contributed by atoms with van der Waals surface area (Å²) in [4.78, 5) is 23.7. The maximum absolute atomic E-state index is 12.3. The molecule has 0 heterocycles. The number of esters is 1. The normalized spacial score (nSPS) is 11.6. The standard InChI is InChI=1S/C20H24N2O3/c1-2-25-20(24)11-12-22-19(23)14-18(15-7-4-3-5-8-15)16-9-6-10-17(21)13-16/h3-10,13,18H,2,11-12,14,21H2,1H3,(H,22,23). The van der Waals surface area contributed by atoms with Gasteiger partial charge in [-0.05, 0) is 30.2 Å². The van der Waals surface area contributed by atoms with Crippen LogP contribution in [0.4, 0.5) is 5.69 Å². The molecule has 0 saturated carbocycles. The van der Waals surface area contributed by atoms with Crippen molar-refractivity contribution in [3.63, 3.8) is 0 Å². The molecule has 0 aliphatic rings. The monoisotopic (exact) mass is 340 g/mol. The summed E-state index contributed by atoms with van der Waals surface area (Å²) < 4.78 is 4.85. The van der Waals surface area contributed by atoms with Gasteiger partial charge in [0.2, 0.25) is 5.91 Å². The number of hydrogen-bond donors (Lipinski definition) is 2. The molecule has 5 nitrogen and oxygen atoms in total. The Labute approximate surface area is 148 Å². The Morgan fingerprint density at radius 3 is 2.48 bits per heavy atom. The van der Waals surface area contributed by atoms with Crippen molar-refractivity contribution < 1.29 is 14.3 Å². The molecule has 1 amide bonds. The fourth-order valence-corrected chi connectivity index (χ4v) is 2.68. The number of carbonyl (C=O) groups is 2. The summed E-state index contributed by atoms with van der Waals surface area (Å²) in [6.07, 6.45) is 0.462. The number of hydrogen-bond acceptors (Lipinski definition) is 4. The van der Waals surface area contributed by atoms with E-state index in [9.17, 15) is 9.59 Å². The Morgan fingerprint density at radius 2 is 1.80 bits per heavy atom. The van der Waals surface area contributed by atoms with E-state index < -0.39 is 0 Å². The van der Waals surface area contributed by atoms with Gasteiger partial charge in [0, 0.05) is 24.6 Å². The average Bonchev–Trinajstić information content (AvgIpc) is 2.60. The summed E-state index contributed by atoms with van der Waals surface area (Å²) in [6.45, 7) is 2.38. The van der Waals surface area contributed by atoms with Crippen molar-refractivity contribution in [2.24, 2.45) is 0 Å². The molecule has 132 valence electrons. The van der Waals surface area contributed by atoms with Crippen molar-refractivity contribution >= 4 is 17.6 Å². The fraction of sp³-hybridized carbons (Fsp3) is 0.300. The van der Waals surface area contributed by atoms with Crippen molar-refractivity contribution in [2.75, 3.05) is 18.9 Å². The molecule has 1 atom stereocenters. The summed E-state index contributed by atoms with van der Waals surface area (Å²) in [5.74, 6) is -0.508. The first-order valence-electron chi connectivity index (χ1n) is 8.43. The maximum atomic E-state index is 12.3. The quantitative estimate of drug-likeness (QED) is 0.572. The highest BCUT2D eigenvalue weighted by Gasteiger charge is 2.18. The first-order chi connectivity index (χ1) is 12.1. The van der Waals surface area contributed by atoms with Crippen LogP contribution in [-0.4, -0.2) is 25.0 Å². The van der Waals surface area contributed by atoms with E-state index in [4.69, 9.17) is 10.5 Å². The van der Waals surface area contributed by atoms with E-state index in [1.165, 1.54) is 0 Å². The smallest absolute Gasteiger partial charge is 0.307 e. The zero-order chi connectivity index (χ0) is 18.1. The lowest BCUT2D eigenvalue weighted by Gasteiger charge is -2.18. The second-order valence-electron chi connectivity index (χ2n) is 5.74. The number of nitrogen functional groups attached to an aromatic ring is 1. The molecule has 25 heavy (non-hydrogen) atoms. The molecule has 0 fully saturated rings. The molecule has 3 N–H and O–H groups in total. The highest BCUT2D eigenvalue weighted by molar-refractivity contribution is 5.78. The van der Waals surface area contributed by atoms with Crippen LogP contribution in [0.5, 0.6) is 0 Å². The molecule has 0 aliphatic heterocycles. The van der Waals surface area contributed by atoms with Crippen molar-refractivity contribution in [1.82, 2.24) is 5.32 Å². The lowest BCUT2D eigenvalue weighted by atomic mass is 9.88. The first-order valence-corrected chi connectivity index (χ1v) is 8.43. The summed E-state index contributed by atoms with van der Waals surface area (Å²) in [6, 6.07) is 17.4. The number of anilines is 1. The van der Waals surface area contributed by atoms with Crippen LogP contribution in [0.2, 0.25) is 0 Å². The number of benzene rings is 2. The Kier molecular flexibility index (Phi) is 7.01. The molecule has 0 spiro atoms. The number of ether oxygens (including phenoxy) is 1. The van der Waals surface area contributed by atoms with Gasteiger partial charge in [-0.15, -0.1) is 0 Å². The lowest BCUT2D eigenvalue weighted by molar-refractivity contribution is -0.143. The zero-order valence-corrected chi connectivity index (χ0v) is 14.4. The van der Waals surface area contributed by atoms with Gasteiger partial charge in [0.05, 0.1) is 13.0 Å². The van der Waals surface area contributed by atoms with Gasteiger partial charge in [-0.1, -0.05) is 42.5 Å². The van der Waals surface area contributed by atoms with Gasteiger partial charge in [0.1, 0.15) is 0 Å². The molecule has 5 heteroatoms. The third-order valence-corrected chi connectivity index (χ3v) is 3.86. The summed E-state index contributed by atoms with van der Waals surface area (Å²) >= 11 is 0. The minimum atomic E-state index is -0.307. The van der Waals surface area contributed by atoms with Gasteiger partial charge in [-0.3, -0.25) is 9.59 Å². The van der Waals surface area contributed by atoms with Crippen LogP contribution in [0.25, 0.3) is 0 Å². The fourth-order valence-electron chi connectivity index (χ4n) is 2.68. The van der Waals surface area contributed by atoms with Gasteiger partial charge < -0.3 is 15.8 Å². The average molecular weight is 340 g/mol. The molecule has 0 bridgehead atoms. The molecule has 2 aromatic carbocycles. The SMILES string of the molecule is CCOC(=O)CCNC(=O)CC(c1ccccc1)c1cccc(N)c1. The highest BCUT2D eigenvalue weighted by Crippen LogP contribution is 2.29. The summed E-state index contributed by atoms with van der Waals surface area (Å²) in [5, 5.41) is 2.79. The van der Waals surface area contributed by atoms with E-state index in [1.54, 1.807) is 6.92 Å². The van der Waals surface area contributed by atoms with Crippen LogP contribution in [0.1, 0.15) is 36.8 Å². The predicted octanol–water partition coefficient (Wildman–Crippen LogP) is 2.86. The van der Waals surface area contributed by atoms with E-state index in [0.29, 0.717) is 12.3 Å². The molecule has 0 saturated heterocycles. The van der Waals surface area contributed by atoms with E-state index in [1.807, 2.05) is 54.6 Å². The van der Waals surface area contributed by atoms with Crippen LogP contribution in [0.3, 0.4) is 0 Å². The van der Waals surface area contributed by atoms with E-state index in [0.717, 1.165) is 11.1 Å². The van der Waals surface area contributed by atoms with Crippen molar-refractivity contribution in [3.05, 3.63) is 65.7 Å².